The van der Waals surface area contributed by atoms with Crippen molar-refractivity contribution >= 4 is 35.0 Å². The van der Waals surface area contributed by atoms with E-state index in [1.165, 1.54) is 17.3 Å². The van der Waals surface area contributed by atoms with E-state index in [1.54, 1.807) is 6.07 Å². The normalized spacial score (nSPS) is 15.7. The number of aryl methyl sites for hydroxylation is 2. The summed E-state index contributed by atoms with van der Waals surface area (Å²) in [5, 5.41) is 13.7. The quantitative estimate of drug-likeness (QED) is 0.705. The van der Waals surface area contributed by atoms with Crippen molar-refractivity contribution in [3.8, 4) is 6.07 Å². The average molecular weight is 400 g/mol. The minimum atomic E-state index is -0.0762. The first-order chi connectivity index (χ1) is 13.0. The topological polar surface area (TPSA) is 65.8 Å². The molecule has 1 aromatic carbocycles. The van der Waals surface area contributed by atoms with Gasteiger partial charge >= 0.3 is 0 Å². The van der Waals surface area contributed by atoms with Crippen molar-refractivity contribution in [2.75, 3.05) is 11.1 Å². The van der Waals surface area contributed by atoms with Gasteiger partial charge in [-0.2, -0.15) is 5.26 Å². The summed E-state index contributed by atoms with van der Waals surface area (Å²) in [7, 11) is 0. The molecule has 1 amide bonds. The molecule has 1 atom stereocenters. The highest BCUT2D eigenvalue weighted by molar-refractivity contribution is 7.99. The summed E-state index contributed by atoms with van der Waals surface area (Å²) in [5.74, 6) is 1.14. The molecule has 1 heterocycles. The second kappa shape index (κ2) is 8.77. The fourth-order valence-corrected chi connectivity index (χ4v) is 4.25. The second-order valence-electron chi connectivity index (χ2n) is 7.02. The highest BCUT2D eigenvalue weighted by Crippen LogP contribution is 2.29. The molecular formula is C21H22ClN3OS. The van der Waals surface area contributed by atoms with Crippen LogP contribution in [0.2, 0.25) is 5.02 Å². The lowest BCUT2D eigenvalue weighted by molar-refractivity contribution is -0.115. The Balaban J connectivity index is 1.59. The first kappa shape index (κ1) is 19.7. The number of benzene rings is 1. The minimum Gasteiger partial charge on any atom is -0.326 e. The van der Waals surface area contributed by atoms with Crippen LogP contribution in [-0.4, -0.2) is 16.6 Å². The third-order valence-electron chi connectivity index (χ3n) is 4.74. The number of amides is 1. The zero-order chi connectivity index (χ0) is 19.4. The van der Waals surface area contributed by atoms with Crippen molar-refractivity contribution in [3.63, 3.8) is 0 Å². The van der Waals surface area contributed by atoms with Gasteiger partial charge < -0.3 is 5.32 Å². The van der Waals surface area contributed by atoms with Gasteiger partial charge in [-0.15, -0.1) is 11.8 Å². The van der Waals surface area contributed by atoms with Crippen molar-refractivity contribution in [2.45, 2.75) is 44.6 Å². The Kier molecular flexibility index (Phi) is 6.41. The molecule has 2 aromatic rings. The van der Waals surface area contributed by atoms with E-state index in [4.69, 9.17) is 16.6 Å². The van der Waals surface area contributed by atoms with Gasteiger partial charge in [0.2, 0.25) is 5.91 Å². The third-order valence-corrected chi connectivity index (χ3v) is 6.14. The molecule has 0 aliphatic heterocycles. The van der Waals surface area contributed by atoms with Crippen molar-refractivity contribution in [1.29, 1.82) is 5.26 Å². The molecule has 27 heavy (non-hydrogen) atoms. The first-order valence-corrected chi connectivity index (χ1v) is 10.4. The monoisotopic (exact) mass is 399 g/mol. The fraction of sp³-hybridized carbons (Fsp3) is 0.381. The fourth-order valence-electron chi connectivity index (χ4n) is 3.15. The maximum atomic E-state index is 12.2. The number of nitriles is 1. The van der Waals surface area contributed by atoms with E-state index in [2.05, 4.69) is 18.3 Å². The van der Waals surface area contributed by atoms with Crippen LogP contribution in [0.5, 0.6) is 0 Å². The van der Waals surface area contributed by atoms with Crippen LogP contribution in [0.25, 0.3) is 0 Å². The molecule has 0 radical (unpaired) electrons. The summed E-state index contributed by atoms with van der Waals surface area (Å²) >= 11 is 7.56. The largest absolute Gasteiger partial charge is 0.326 e. The molecule has 1 N–H and O–H groups in total. The summed E-state index contributed by atoms with van der Waals surface area (Å²) in [6, 6.07) is 9.70. The number of nitrogens with zero attached hydrogens (tertiary/aromatic N) is 2. The molecule has 1 unspecified atom stereocenters. The predicted octanol–water partition coefficient (Wildman–Crippen LogP) is 5.16. The lowest BCUT2D eigenvalue weighted by atomic mass is 9.87. The SMILES string of the molecule is Cc1ccc(NC(=O)CCSc2nc3c(cc2C#N)CC(C)CC3)cc1Cl. The molecule has 3 rings (SSSR count). The van der Waals surface area contributed by atoms with Gasteiger partial charge in [0, 0.05) is 28.6 Å². The lowest BCUT2D eigenvalue weighted by Gasteiger charge is -2.21. The average Bonchev–Trinajstić information content (AvgIpc) is 2.64. The van der Waals surface area contributed by atoms with Gasteiger partial charge in [-0.3, -0.25) is 4.79 Å². The maximum Gasteiger partial charge on any atom is 0.225 e. The zero-order valence-electron chi connectivity index (χ0n) is 15.5. The number of halogens is 1. The molecule has 140 valence electrons. The van der Waals surface area contributed by atoms with E-state index in [0.29, 0.717) is 34.4 Å². The van der Waals surface area contributed by atoms with E-state index >= 15 is 0 Å². The molecule has 6 heteroatoms. The molecule has 0 fully saturated rings. The third kappa shape index (κ3) is 5.03. The minimum absolute atomic E-state index is 0.0762. The molecular weight excluding hydrogens is 378 g/mol. The molecule has 0 spiro atoms. The smallest absolute Gasteiger partial charge is 0.225 e. The van der Waals surface area contributed by atoms with E-state index in [9.17, 15) is 10.1 Å². The highest BCUT2D eigenvalue weighted by atomic mass is 35.5. The number of fused-ring (bicyclic) bond motifs is 1. The second-order valence-corrected chi connectivity index (χ2v) is 8.51. The van der Waals surface area contributed by atoms with Crippen LogP contribution >= 0.6 is 23.4 Å². The highest BCUT2D eigenvalue weighted by Gasteiger charge is 2.19. The van der Waals surface area contributed by atoms with Gasteiger partial charge in [-0.05, 0) is 61.4 Å². The van der Waals surface area contributed by atoms with Gasteiger partial charge in [-0.25, -0.2) is 4.98 Å². The van der Waals surface area contributed by atoms with Crippen molar-refractivity contribution < 1.29 is 4.79 Å². The Morgan fingerprint density at radius 3 is 3.00 bits per heavy atom. The summed E-state index contributed by atoms with van der Waals surface area (Å²) in [4.78, 5) is 16.9. The van der Waals surface area contributed by atoms with Crippen molar-refractivity contribution in [1.82, 2.24) is 4.98 Å². The Hall–Kier alpha value is -2.03. The van der Waals surface area contributed by atoms with E-state index in [1.807, 2.05) is 25.1 Å². The van der Waals surface area contributed by atoms with Gasteiger partial charge in [0.05, 0.1) is 5.56 Å². The number of carbonyl (C=O) groups excluding carboxylic acids is 1. The zero-order valence-corrected chi connectivity index (χ0v) is 17.1. The molecule has 0 saturated heterocycles. The molecule has 1 aromatic heterocycles. The Morgan fingerprint density at radius 2 is 2.26 bits per heavy atom. The van der Waals surface area contributed by atoms with Gasteiger partial charge in [0.25, 0.3) is 0 Å². The van der Waals surface area contributed by atoms with Crippen LogP contribution in [0.3, 0.4) is 0 Å². The first-order valence-electron chi connectivity index (χ1n) is 9.08. The Bertz CT molecular complexity index is 907. The number of rotatable bonds is 5. The van der Waals surface area contributed by atoms with Crippen LogP contribution in [0.1, 0.15) is 42.1 Å². The predicted molar refractivity (Wildman–Crippen MR) is 110 cm³/mol. The van der Waals surface area contributed by atoms with E-state index in [0.717, 1.165) is 35.5 Å². The molecule has 0 bridgehead atoms. The number of carbonyl (C=O) groups is 1. The number of aromatic nitrogens is 1. The number of anilines is 1. The molecule has 4 nitrogen and oxygen atoms in total. The maximum absolute atomic E-state index is 12.2. The van der Waals surface area contributed by atoms with Crippen molar-refractivity contribution in [2.24, 2.45) is 5.92 Å². The summed E-state index contributed by atoms with van der Waals surface area (Å²) in [6.45, 7) is 4.15. The van der Waals surface area contributed by atoms with Crippen LogP contribution in [0, 0.1) is 24.2 Å². The number of thioether (sulfide) groups is 1. The van der Waals surface area contributed by atoms with Crippen LogP contribution in [0.15, 0.2) is 29.3 Å². The summed E-state index contributed by atoms with van der Waals surface area (Å²) in [6.07, 6.45) is 3.43. The van der Waals surface area contributed by atoms with E-state index in [-0.39, 0.29) is 5.91 Å². The summed E-state index contributed by atoms with van der Waals surface area (Å²) in [5.41, 5.74) is 4.58. The van der Waals surface area contributed by atoms with Gasteiger partial charge in [0.15, 0.2) is 0 Å². The Labute approximate surface area is 169 Å². The summed E-state index contributed by atoms with van der Waals surface area (Å²) < 4.78 is 0. The van der Waals surface area contributed by atoms with Crippen molar-refractivity contribution in [3.05, 3.63) is 51.7 Å². The number of hydrogen-bond acceptors (Lipinski definition) is 4. The van der Waals surface area contributed by atoms with Crippen LogP contribution in [0.4, 0.5) is 5.69 Å². The van der Waals surface area contributed by atoms with E-state index < -0.39 is 0 Å². The number of hydrogen-bond donors (Lipinski definition) is 1. The lowest BCUT2D eigenvalue weighted by Crippen LogP contribution is -2.14. The van der Waals surface area contributed by atoms with Crippen LogP contribution < -0.4 is 5.32 Å². The van der Waals surface area contributed by atoms with Crippen LogP contribution in [-0.2, 0) is 17.6 Å². The molecule has 0 saturated carbocycles. The Morgan fingerprint density at radius 1 is 1.44 bits per heavy atom. The number of nitrogens with one attached hydrogen (secondary N) is 1. The molecule has 1 aliphatic carbocycles. The molecule has 1 aliphatic rings. The number of pyridine rings is 1. The standard InChI is InChI=1S/C21H22ClN3OS/c1-13-3-6-19-15(9-13)10-16(12-23)21(25-19)27-8-7-20(26)24-17-5-4-14(2)18(22)11-17/h4-5,10-11,13H,3,6-9H2,1-2H3,(H,24,26). The van der Waals surface area contributed by atoms with Gasteiger partial charge in [0.1, 0.15) is 11.1 Å². The van der Waals surface area contributed by atoms with Gasteiger partial charge in [-0.1, -0.05) is 24.6 Å².